The molecule has 4 heteroatoms. The fourth-order valence-electron chi connectivity index (χ4n) is 1.17. The molecule has 14 heavy (non-hydrogen) atoms. The molecule has 2 nitrogen and oxygen atoms in total. The molecule has 0 amide bonds. The second-order valence-corrected chi connectivity index (χ2v) is 2.75. The number of ketones is 1. The van der Waals surface area contributed by atoms with Crippen molar-refractivity contribution in [2.24, 2.45) is 0 Å². The fourth-order valence-corrected chi connectivity index (χ4v) is 1.17. The summed E-state index contributed by atoms with van der Waals surface area (Å²) in [5.41, 5.74) is -0.0486. The van der Waals surface area contributed by atoms with Crippen LogP contribution in [-0.2, 0) is 0 Å². The van der Waals surface area contributed by atoms with Gasteiger partial charge in [-0.2, -0.15) is 0 Å². The van der Waals surface area contributed by atoms with Gasteiger partial charge in [0.15, 0.2) is 17.3 Å². The molecule has 0 saturated carbocycles. The monoisotopic (exact) mass is 200 g/mol. The Hall–Kier alpha value is -1.45. The number of rotatable bonds is 3. The van der Waals surface area contributed by atoms with Gasteiger partial charge in [0.1, 0.15) is 5.82 Å². The minimum Gasteiger partial charge on any atom is -0.493 e. The highest BCUT2D eigenvalue weighted by molar-refractivity contribution is 5.98. The van der Waals surface area contributed by atoms with E-state index in [0.29, 0.717) is 6.07 Å². The van der Waals surface area contributed by atoms with Crippen LogP contribution in [0.1, 0.15) is 23.7 Å². The molecule has 76 valence electrons. The highest BCUT2D eigenvalue weighted by Gasteiger charge is 2.16. The van der Waals surface area contributed by atoms with Crippen molar-refractivity contribution >= 4 is 5.78 Å². The molecule has 0 N–H and O–H groups in total. The van der Waals surface area contributed by atoms with Gasteiger partial charge in [-0.15, -0.1) is 0 Å². The standard InChI is InChI=1S/C10H10F2O2/c1-3-9(13)7-4-6(11)5-8(12)10(7)14-2/h4-5H,3H2,1-2H3. The average molecular weight is 200 g/mol. The average Bonchev–Trinajstić information content (AvgIpc) is 2.15. The van der Waals surface area contributed by atoms with E-state index in [1.165, 1.54) is 7.11 Å². The molecule has 0 radical (unpaired) electrons. The summed E-state index contributed by atoms with van der Waals surface area (Å²) in [7, 11) is 1.24. The number of benzene rings is 1. The van der Waals surface area contributed by atoms with Crippen molar-refractivity contribution in [3.8, 4) is 5.75 Å². The van der Waals surface area contributed by atoms with Crippen LogP contribution in [-0.4, -0.2) is 12.9 Å². The van der Waals surface area contributed by atoms with Gasteiger partial charge in [-0.25, -0.2) is 8.78 Å². The van der Waals surface area contributed by atoms with Crippen molar-refractivity contribution in [2.75, 3.05) is 7.11 Å². The van der Waals surface area contributed by atoms with E-state index in [9.17, 15) is 13.6 Å². The summed E-state index contributed by atoms with van der Waals surface area (Å²) in [6.07, 6.45) is 0.180. The van der Waals surface area contributed by atoms with Gasteiger partial charge in [0.2, 0.25) is 0 Å². The van der Waals surface area contributed by atoms with Gasteiger partial charge in [0.05, 0.1) is 12.7 Å². The van der Waals surface area contributed by atoms with Gasteiger partial charge < -0.3 is 4.74 Å². The first-order valence-electron chi connectivity index (χ1n) is 4.16. The van der Waals surface area contributed by atoms with E-state index in [-0.39, 0.29) is 23.5 Å². The first-order chi connectivity index (χ1) is 6.60. The van der Waals surface area contributed by atoms with Crippen LogP contribution >= 0.6 is 0 Å². The summed E-state index contributed by atoms with van der Waals surface area (Å²) < 4.78 is 30.6. The van der Waals surface area contributed by atoms with Crippen LogP contribution in [0.2, 0.25) is 0 Å². The molecule has 0 aliphatic carbocycles. The number of hydrogen-bond acceptors (Lipinski definition) is 2. The Labute approximate surface area is 80.5 Å². The number of carbonyl (C=O) groups is 1. The summed E-state index contributed by atoms with van der Waals surface area (Å²) in [4.78, 5) is 11.3. The molecule has 0 aliphatic rings. The maximum Gasteiger partial charge on any atom is 0.168 e. The van der Waals surface area contributed by atoms with Gasteiger partial charge >= 0.3 is 0 Å². The zero-order valence-electron chi connectivity index (χ0n) is 7.93. The van der Waals surface area contributed by atoms with E-state index in [4.69, 9.17) is 4.74 Å². The summed E-state index contributed by atoms with van der Waals surface area (Å²) in [6, 6.07) is 1.67. The van der Waals surface area contributed by atoms with Crippen LogP contribution in [0.25, 0.3) is 0 Å². The van der Waals surface area contributed by atoms with Crippen molar-refractivity contribution in [2.45, 2.75) is 13.3 Å². The van der Waals surface area contributed by atoms with Crippen molar-refractivity contribution in [3.05, 3.63) is 29.3 Å². The van der Waals surface area contributed by atoms with Crippen LogP contribution in [0.4, 0.5) is 8.78 Å². The number of carbonyl (C=O) groups excluding carboxylic acids is 1. The minimum absolute atomic E-state index is 0.0486. The van der Waals surface area contributed by atoms with E-state index >= 15 is 0 Å². The Morgan fingerprint density at radius 3 is 2.57 bits per heavy atom. The number of hydrogen-bond donors (Lipinski definition) is 0. The number of methoxy groups -OCH3 is 1. The summed E-state index contributed by atoms with van der Waals surface area (Å²) >= 11 is 0. The van der Waals surface area contributed by atoms with Crippen molar-refractivity contribution in [3.63, 3.8) is 0 Å². The summed E-state index contributed by atoms with van der Waals surface area (Å²) in [6.45, 7) is 1.62. The lowest BCUT2D eigenvalue weighted by atomic mass is 10.1. The van der Waals surface area contributed by atoms with Crippen LogP contribution in [0.15, 0.2) is 12.1 Å². The zero-order valence-corrected chi connectivity index (χ0v) is 7.93. The number of ether oxygens (including phenoxy) is 1. The maximum absolute atomic E-state index is 13.1. The normalized spacial score (nSPS) is 10.0. The molecule has 0 fully saturated rings. The molecular formula is C10H10F2O2. The van der Waals surface area contributed by atoms with Crippen molar-refractivity contribution < 1.29 is 18.3 Å². The van der Waals surface area contributed by atoms with Crippen LogP contribution in [0.3, 0.4) is 0 Å². The lowest BCUT2D eigenvalue weighted by molar-refractivity contribution is 0.0984. The molecule has 0 aromatic heterocycles. The third-order valence-electron chi connectivity index (χ3n) is 1.83. The second-order valence-electron chi connectivity index (χ2n) is 2.75. The zero-order chi connectivity index (χ0) is 10.7. The predicted octanol–water partition coefficient (Wildman–Crippen LogP) is 2.57. The Morgan fingerprint density at radius 1 is 1.43 bits per heavy atom. The predicted molar refractivity (Wildman–Crippen MR) is 47.5 cm³/mol. The largest absolute Gasteiger partial charge is 0.493 e. The molecular weight excluding hydrogens is 190 g/mol. The molecule has 1 aromatic carbocycles. The van der Waals surface area contributed by atoms with Crippen molar-refractivity contribution in [1.82, 2.24) is 0 Å². The molecule has 0 unspecified atom stereocenters. The molecule has 0 spiro atoms. The smallest absolute Gasteiger partial charge is 0.168 e. The highest BCUT2D eigenvalue weighted by Crippen LogP contribution is 2.24. The molecule has 0 heterocycles. The SMILES string of the molecule is CCC(=O)c1cc(F)cc(F)c1OC. The Bertz CT molecular complexity index is 361. The molecule has 0 aliphatic heterocycles. The van der Waals surface area contributed by atoms with E-state index in [0.717, 1.165) is 6.07 Å². The first-order valence-corrected chi connectivity index (χ1v) is 4.16. The van der Waals surface area contributed by atoms with Gasteiger partial charge in [0, 0.05) is 12.5 Å². The minimum atomic E-state index is -0.857. The van der Waals surface area contributed by atoms with Crippen LogP contribution < -0.4 is 4.74 Å². The van der Waals surface area contributed by atoms with Gasteiger partial charge in [0.25, 0.3) is 0 Å². The molecule has 0 bridgehead atoms. The Balaban J connectivity index is 3.32. The van der Waals surface area contributed by atoms with E-state index < -0.39 is 11.6 Å². The first kappa shape index (κ1) is 10.6. The molecule has 0 saturated heterocycles. The lowest BCUT2D eigenvalue weighted by Gasteiger charge is -2.07. The lowest BCUT2D eigenvalue weighted by Crippen LogP contribution is -2.03. The molecule has 0 atom stereocenters. The third-order valence-corrected chi connectivity index (χ3v) is 1.83. The third kappa shape index (κ3) is 1.89. The quantitative estimate of drug-likeness (QED) is 0.701. The highest BCUT2D eigenvalue weighted by atomic mass is 19.1. The Morgan fingerprint density at radius 2 is 2.07 bits per heavy atom. The topological polar surface area (TPSA) is 26.3 Å². The van der Waals surface area contributed by atoms with E-state index in [1.54, 1.807) is 6.92 Å². The van der Waals surface area contributed by atoms with Crippen LogP contribution in [0.5, 0.6) is 5.75 Å². The van der Waals surface area contributed by atoms with Gasteiger partial charge in [-0.05, 0) is 6.07 Å². The van der Waals surface area contributed by atoms with Gasteiger partial charge in [-0.1, -0.05) is 6.92 Å². The fraction of sp³-hybridized carbons (Fsp3) is 0.300. The molecule has 1 rings (SSSR count). The second kappa shape index (κ2) is 4.17. The number of Topliss-reactive ketones (excluding diaryl/α,β-unsaturated/α-hetero) is 1. The van der Waals surface area contributed by atoms with Crippen LogP contribution in [0, 0.1) is 11.6 Å². The summed E-state index contributed by atoms with van der Waals surface area (Å²) in [5.74, 6) is -2.18. The van der Waals surface area contributed by atoms with E-state index in [1.807, 2.05) is 0 Å². The Kier molecular flexibility index (Phi) is 3.17. The summed E-state index contributed by atoms with van der Waals surface area (Å²) in [5, 5.41) is 0. The van der Waals surface area contributed by atoms with E-state index in [2.05, 4.69) is 0 Å². The molecule has 1 aromatic rings. The maximum atomic E-state index is 13.1. The number of halogens is 2. The van der Waals surface area contributed by atoms with Crippen molar-refractivity contribution in [1.29, 1.82) is 0 Å². The van der Waals surface area contributed by atoms with Gasteiger partial charge in [-0.3, -0.25) is 4.79 Å².